The molecule has 5 rings (SSSR count). The van der Waals surface area contributed by atoms with Crippen molar-refractivity contribution >= 4 is 29.3 Å². The minimum absolute atomic E-state index is 0.197. The Balaban J connectivity index is 1.14. The maximum absolute atomic E-state index is 12.0. The summed E-state index contributed by atoms with van der Waals surface area (Å²) in [6.45, 7) is 4.82. The fourth-order valence-electron chi connectivity index (χ4n) is 7.65. The highest BCUT2D eigenvalue weighted by Crippen LogP contribution is 2.45. The average molecular weight is 578 g/mol. The van der Waals surface area contributed by atoms with Gasteiger partial charge in [-0.1, -0.05) is 36.7 Å². The van der Waals surface area contributed by atoms with Gasteiger partial charge in [0.2, 0.25) is 11.9 Å². The van der Waals surface area contributed by atoms with Gasteiger partial charge in [0.25, 0.3) is 0 Å². The van der Waals surface area contributed by atoms with E-state index in [-0.39, 0.29) is 11.8 Å². The summed E-state index contributed by atoms with van der Waals surface area (Å²) < 4.78 is 0. The van der Waals surface area contributed by atoms with Crippen LogP contribution in [0.1, 0.15) is 69.4 Å². The molecule has 3 saturated carbocycles. The lowest BCUT2D eigenvalue weighted by molar-refractivity contribution is -0.125. The maximum Gasteiger partial charge on any atom is 0.224 e. The number of amides is 1. The molecule has 0 aliphatic heterocycles. The first kappa shape index (κ1) is 29.6. The zero-order valence-electron chi connectivity index (χ0n) is 24.3. The van der Waals surface area contributed by atoms with Crippen LogP contribution in [0.15, 0.2) is 30.5 Å². The SMILES string of the molecule is CNC(=O)C1CCC(CN[C@@H]2[C@@H]3CC(C[C@@H](CNc4nc(NCc5ccccc5Cl)ncc4C#N)C3)C[C@H]2C)CC1. The highest BCUT2D eigenvalue weighted by atomic mass is 35.5. The first-order valence-corrected chi connectivity index (χ1v) is 15.7. The minimum Gasteiger partial charge on any atom is -0.369 e. The van der Waals surface area contributed by atoms with E-state index in [9.17, 15) is 10.1 Å². The van der Waals surface area contributed by atoms with Gasteiger partial charge in [-0.05, 0) is 99.1 Å². The first-order valence-electron chi connectivity index (χ1n) is 15.4. The quantitative estimate of drug-likeness (QED) is 0.290. The number of nitrogens with zero attached hydrogens (tertiary/aromatic N) is 3. The summed E-state index contributed by atoms with van der Waals surface area (Å²) in [7, 11) is 1.75. The van der Waals surface area contributed by atoms with E-state index in [0.29, 0.717) is 58.6 Å². The normalized spacial score (nSPS) is 29.3. The monoisotopic (exact) mass is 577 g/mol. The Hall–Kier alpha value is -2.89. The van der Waals surface area contributed by atoms with E-state index in [4.69, 9.17) is 11.6 Å². The highest BCUT2D eigenvalue weighted by Gasteiger charge is 2.41. The molecule has 0 spiro atoms. The van der Waals surface area contributed by atoms with Gasteiger partial charge in [0.1, 0.15) is 17.5 Å². The van der Waals surface area contributed by atoms with E-state index in [2.05, 4.69) is 44.2 Å². The van der Waals surface area contributed by atoms with Crippen LogP contribution in [-0.4, -0.2) is 42.1 Å². The first-order chi connectivity index (χ1) is 19.9. The molecule has 1 unspecified atom stereocenters. The topological polar surface area (TPSA) is 115 Å². The Bertz CT molecular complexity index is 1220. The average Bonchev–Trinajstić information content (AvgIpc) is 2.99. The summed E-state index contributed by atoms with van der Waals surface area (Å²) in [5.41, 5.74) is 1.43. The van der Waals surface area contributed by atoms with E-state index in [1.165, 1.54) is 25.7 Å². The number of carbonyl (C=O) groups is 1. The van der Waals surface area contributed by atoms with Gasteiger partial charge >= 0.3 is 0 Å². The number of fused-ring (bicyclic) bond motifs is 2. The number of nitrogens with one attached hydrogen (secondary N) is 4. The molecule has 4 N–H and O–H groups in total. The number of carbonyl (C=O) groups excluding carboxylic acids is 1. The Labute approximate surface area is 249 Å². The second-order valence-corrected chi connectivity index (χ2v) is 13.0. The van der Waals surface area contributed by atoms with Crippen LogP contribution < -0.4 is 21.3 Å². The third-order valence-electron chi connectivity index (χ3n) is 9.73. The number of nitriles is 1. The van der Waals surface area contributed by atoms with Gasteiger partial charge in [-0.2, -0.15) is 10.2 Å². The number of halogens is 1. The van der Waals surface area contributed by atoms with E-state index in [1.54, 1.807) is 13.2 Å². The Morgan fingerprint density at radius 2 is 1.85 bits per heavy atom. The Kier molecular flexibility index (Phi) is 10.00. The number of hydrogen-bond acceptors (Lipinski definition) is 7. The standard InChI is InChI=1S/C32H44ClN7O/c1-20-11-22-12-23(14-26(13-22)29(20)36-16-21-7-9-24(10-8-21)31(41)35-2)17-37-30-27(15-34)19-39-32(40-30)38-18-25-5-3-4-6-28(25)33/h3-6,19-24,26,29,36H,7-14,16-18H2,1-2H3,(H,35,41)(H2,37,38,39,40)/t20-,21?,22?,23-,24?,26-,29+/m1/s1. The molecule has 9 heteroatoms. The Morgan fingerprint density at radius 1 is 1.05 bits per heavy atom. The van der Waals surface area contributed by atoms with Crippen LogP contribution >= 0.6 is 11.6 Å². The molecule has 220 valence electrons. The molecule has 1 aromatic carbocycles. The third kappa shape index (κ3) is 7.50. The zero-order valence-corrected chi connectivity index (χ0v) is 25.1. The summed E-state index contributed by atoms with van der Waals surface area (Å²) >= 11 is 6.29. The fourth-order valence-corrected chi connectivity index (χ4v) is 7.85. The van der Waals surface area contributed by atoms with Crippen LogP contribution in [0.25, 0.3) is 0 Å². The van der Waals surface area contributed by atoms with E-state index in [0.717, 1.165) is 50.3 Å². The number of aromatic nitrogens is 2. The van der Waals surface area contributed by atoms with Crippen molar-refractivity contribution in [3.05, 3.63) is 46.6 Å². The van der Waals surface area contributed by atoms with E-state index < -0.39 is 0 Å². The molecule has 3 aliphatic carbocycles. The Morgan fingerprint density at radius 3 is 2.61 bits per heavy atom. The number of benzene rings is 1. The molecule has 2 aromatic rings. The lowest BCUT2D eigenvalue weighted by Gasteiger charge is -2.48. The van der Waals surface area contributed by atoms with Crippen molar-refractivity contribution in [2.24, 2.45) is 35.5 Å². The van der Waals surface area contributed by atoms with Gasteiger partial charge in [0.15, 0.2) is 0 Å². The molecule has 1 amide bonds. The largest absolute Gasteiger partial charge is 0.369 e. The van der Waals surface area contributed by atoms with Gasteiger partial charge in [-0.15, -0.1) is 0 Å². The van der Waals surface area contributed by atoms with Crippen molar-refractivity contribution in [3.63, 3.8) is 0 Å². The van der Waals surface area contributed by atoms with Crippen molar-refractivity contribution in [1.29, 1.82) is 5.26 Å². The fraction of sp³-hybridized carbons (Fsp3) is 0.625. The second-order valence-electron chi connectivity index (χ2n) is 12.6. The van der Waals surface area contributed by atoms with Crippen LogP contribution in [0.2, 0.25) is 5.02 Å². The maximum atomic E-state index is 12.0. The van der Waals surface area contributed by atoms with Crippen molar-refractivity contribution < 1.29 is 4.79 Å². The molecule has 2 bridgehead atoms. The summed E-state index contributed by atoms with van der Waals surface area (Å²) in [6, 6.07) is 10.5. The van der Waals surface area contributed by atoms with E-state index in [1.807, 2.05) is 24.3 Å². The predicted molar refractivity (Wildman–Crippen MR) is 163 cm³/mol. The number of hydrogen-bond donors (Lipinski definition) is 4. The smallest absolute Gasteiger partial charge is 0.224 e. The van der Waals surface area contributed by atoms with Crippen molar-refractivity contribution in [2.75, 3.05) is 30.8 Å². The molecule has 41 heavy (non-hydrogen) atoms. The van der Waals surface area contributed by atoms with Gasteiger partial charge in [0.05, 0.1) is 6.20 Å². The zero-order chi connectivity index (χ0) is 28.8. The molecule has 1 aromatic heterocycles. The van der Waals surface area contributed by atoms with Crippen molar-refractivity contribution in [3.8, 4) is 6.07 Å². The van der Waals surface area contributed by atoms with Crippen LogP contribution in [0, 0.1) is 46.8 Å². The number of anilines is 2. The van der Waals surface area contributed by atoms with Crippen LogP contribution in [0.4, 0.5) is 11.8 Å². The minimum atomic E-state index is 0.197. The van der Waals surface area contributed by atoms with Crippen LogP contribution in [0.5, 0.6) is 0 Å². The van der Waals surface area contributed by atoms with Gasteiger partial charge in [-0.25, -0.2) is 4.98 Å². The summed E-state index contributed by atoms with van der Waals surface area (Å²) in [4.78, 5) is 21.0. The van der Waals surface area contributed by atoms with Gasteiger partial charge in [-0.3, -0.25) is 4.79 Å². The summed E-state index contributed by atoms with van der Waals surface area (Å²) in [5, 5.41) is 23.9. The molecule has 3 fully saturated rings. The predicted octanol–water partition coefficient (Wildman–Crippen LogP) is 5.61. The molecule has 0 saturated heterocycles. The highest BCUT2D eigenvalue weighted by molar-refractivity contribution is 6.31. The summed E-state index contributed by atoms with van der Waals surface area (Å²) in [6.07, 6.45) is 10.9. The van der Waals surface area contributed by atoms with Gasteiger partial charge in [0, 0.05) is 37.1 Å². The summed E-state index contributed by atoms with van der Waals surface area (Å²) in [5.74, 6) is 4.84. The lowest BCUT2D eigenvalue weighted by Crippen LogP contribution is -2.50. The van der Waals surface area contributed by atoms with Crippen molar-refractivity contribution in [2.45, 2.75) is 70.9 Å². The second kappa shape index (κ2) is 13.8. The molecule has 8 nitrogen and oxygen atoms in total. The molecule has 0 radical (unpaired) electrons. The third-order valence-corrected chi connectivity index (χ3v) is 10.1. The van der Waals surface area contributed by atoms with E-state index >= 15 is 0 Å². The van der Waals surface area contributed by atoms with Crippen LogP contribution in [0.3, 0.4) is 0 Å². The molecule has 3 aliphatic rings. The number of rotatable bonds is 10. The molecule has 1 heterocycles. The van der Waals surface area contributed by atoms with Crippen LogP contribution in [-0.2, 0) is 11.3 Å². The lowest BCUT2D eigenvalue weighted by atomic mass is 9.62. The molecular formula is C32H44ClN7O. The molecule has 5 atom stereocenters. The van der Waals surface area contributed by atoms with Crippen molar-refractivity contribution in [1.82, 2.24) is 20.6 Å². The van der Waals surface area contributed by atoms with Gasteiger partial charge < -0.3 is 21.3 Å². The molecular weight excluding hydrogens is 534 g/mol.